The molecule has 0 N–H and O–H groups in total. The van der Waals surface area contributed by atoms with Gasteiger partial charge in [0, 0.05) is 56.6 Å². The number of rotatable bonds is 6. The standard InChI is InChI=1S/C40H33N2O2.C13H12N.Ir/c1-23(2)31-21-26(37-25(5)43-36-20-11-7-14-29(36)37)22-32(24(3)4)38(31)42-34-18-9-8-17-33(34)41-40(42)30-16-12-15-28-27-13-6-10-19-35(27)44-39(28)30;1-10-3-6-12(7-4-10)13-8-5-11(2)9-14-13;/h6-15,17-24H,1-5H3;3-6,8-9H,1-2H3;/q2*-1;/i;1D3,2D3;. The molecule has 4 heterocycles. The monoisotopic (exact) mass is 954 g/mol. The van der Waals surface area contributed by atoms with Gasteiger partial charge in [-0.3, -0.25) is 4.98 Å². The molecule has 0 saturated carbocycles. The number of hydrogen-bond donors (Lipinski definition) is 0. The quantitative estimate of drug-likeness (QED) is 0.156. The Hall–Kier alpha value is -6.07. The third-order valence-electron chi connectivity index (χ3n) is 10.7. The van der Waals surface area contributed by atoms with Gasteiger partial charge in [-0.25, -0.2) is 0 Å². The molecule has 4 aromatic heterocycles. The van der Waals surface area contributed by atoms with Crippen molar-refractivity contribution < 1.29 is 37.2 Å². The van der Waals surface area contributed by atoms with Gasteiger partial charge in [0.15, 0.2) is 0 Å². The van der Waals surface area contributed by atoms with E-state index in [0.29, 0.717) is 11.3 Å². The molecule has 0 aliphatic rings. The Morgan fingerprint density at radius 1 is 0.695 bits per heavy atom. The summed E-state index contributed by atoms with van der Waals surface area (Å²) in [6.07, 6.45) is 1.30. The molecule has 0 aliphatic carbocycles. The van der Waals surface area contributed by atoms with Gasteiger partial charge in [-0.15, -0.1) is 53.6 Å². The van der Waals surface area contributed by atoms with Gasteiger partial charge in [0.1, 0.15) is 16.9 Å². The Kier molecular flexibility index (Phi) is 9.07. The van der Waals surface area contributed by atoms with Crippen molar-refractivity contribution in [2.24, 2.45) is 0 Å². The molecule has 59 heavy (non-hydrogen) atoms. The van der Waals surface area contributed by atoms with E-state index in [1.807, 2.05) is 30.3 Å². The summed E-state index contributed by atoms with van der Waals surface area (Å²) in [6, 6.07) is 47.7. The number of aryl methyl sites for hydroxylation is 3. The first-order valence-corrected chi connectivity index (χ1v) is 19.5. The Balaban J connectivity index is 0.000000232. The van der Waals surface area contributed by atoms with Crippen molar-refractivity contribution in [3.8, 4) is 39.5 Å². The fourth-order valence-corrected chi connectivity index (χ4v) is 7.90. The topological polar surface area (TPSA) is 57.0 Å². The normalized spacial score (nSPS) is 13.4. The number of aromatic nitrogens is 3. The van der Waals surface area contributed by atoms with Crippen LogP contribution in [0.3, 0.4) is 0 Å². The second kappa shape index (κ2) is 16.3. The van der Waals surface area contributed by atoms with E-state index in [0.717, 1.165) is 66.7 Å². The maximum atomic E-state index is 7.28. The number of furan rings is 2. The second-order valence-corrected chi connectivity index (χ2v) is 15.2. The summed E-state index contributed by atoms with van der Waals surface area (Å²) in [4.78, 5) is 9.34. The van der Waals surface area contributed by atoms with Crippen LogP contribution < -0.4 is 0 Å². The van der Waals surface area contributed by atoms with Crippen LogP contribution in [0.5, 0.6) is 0 Å². The molecule has 295 valence electrons. The van der Waals surface area contributed by atoms with Crippen LogP contribution in [0.15, 0.2) is 142 Å². The van der Waals surface area contributed by atoms with E-state index < -0.39 is 13.7 Å². The van der Waals surface area contributed by atoms with Crippen molar-refractivity contribution in [2.75, 3.05) is 0 Å². The molecular weight excluding hydrogens is 903 g/mol. The molecule has 6 aromatic carbocycles. The number of imidazole rings is 1. The average Bonchev–Trinajstić information content (AvgIpc) is 3.96. The zero-order valence-corrected chi connectivity index (χ0v) is 35.7. The number of fused-ring (bicyclic) bond motifs is 5. The van der Waals surface area contributed by atoms with Crippen molar-refractivity contribution in [3.05, 3.63) is 174 Å². The van der Waals surface area contributed by atoms with Gasteiger partial charge < -0.3 is 18.4 Å². The summed E-state index contributed by atoms with van der Waals surface area (Å²) in [5.74, 6) is 2.27. The van der Waals surface area contributed by atoms with E-state index in [-0.39, 0.29) is 43.1 Å². The van der Waals surface area contributed by atoms with Gasteiger partial charge >= 0.3 is 0 Å². The minimum absolute atomic E-state index is 0. The third kappa shape index (κ3) is 7.33. The number of hydrogen-bond acceptors (Lipinski definition) is 4. The average molecular weight is 954 g/mol. The molecular formula is C53H45IrN3O2-2. The van der Waals surface area contributed by atoms with Crippen LogP contribution in [0, 0.1) is 32.8 Å². The summed E-state index contributed by atoms with van der Waals surface area (Å²) in [6.45, 7) is 6.83. The molecule has 0 amide bonds. The summed E-state index contributed by atoms with van der Waals surface area (Å²) >= 11 is 0. The van der Waals surface area contributed by atoms with Crippen LogP contribution in [0.2, 0.25) is 0 Å². The molecule has 0 saturated heterocycles. The van der Waals surface area contributed by atoms with Crippen molar-refractivity contribution in [1.29, 1.82) is 0 Å². The van der Waals surface area contributed by atoms with E-state index in [2.05, 4.69) is 123 Å². The number of nitrogens with zero attached hydrogens (tertiary/aromatic N) is 3. The van der Waals surface area contributed by atoms with Gasteiger partial charge in [0.25, 0.3) is 0 Å². The molecule has 10 rings (SSSR count). The van der Waals surface area contributed by atoms with Gasteiger partial charge in [-0.2, -0.15) is 0 Å². The number of benzene rings is 6. The van der Waals surface area contributed by atoms with Crippen molar-refractivity contribution in [1.82, 2.24) is 14.5 Å². The molecule has 0 aliphatic heterocycles. The van der Waals surface area contributed by atoms with E-state index in [9.17, 15) is 0 Å². The Morgan fingerprint density at radius 3 is 2.05 bits per heavy atom. The molecule has 1 radical (unpaired) electrons. The second-order valence-electron chi connectivity index (χ2n) is 15.2. The van der Waals surface area contributed by atoms with Gasteiger partial charge in [0.05, 0.1) is 22.4 Å². The van der Waals surface area contributed by atoms with Crippen molar-refractivity contribution >= 4 is 43.9 Å². The predicted octanol–water partition coefficient (Wildman–Crippen LogP) is 14.5. The van der Waals surface area contributed by atoms with E-state index in [1.165, 1.54) is 46.8 Å². The fourth-order valence-electron chi connectivity index (χ4n) is 7.90. The van der Waals surface area contributed by atoms with Crippen molar-refractivity contribution in [3.63, 3.8) is 0 Å². The predicted molar refractivity (Wildman–Crippen MR) is 239 cm³/mol. The summed E-state index contributed by atoms with van der Waals surface area (Å²) in [5, 5.41) is 3.30. The summed E-state index contributed by atoms with van der Waals surface area (Å²) in [7, 11) is 0. The van der Waals surface area contributed by atoms with Crippen LogP contribution in [0.25, 0.3) is 83.4 Å². The maximum absolute atomic E-state index is 7.28. The minimum Gasteiger partial charge on any atom is -0.501 e. The van der Waals surface area contributed by atoms with Crippen LogP contribution in [0.4, 0.5) is 0 Å². The first kappa shape index (κ1) is 32.8. The SMILES string of the molecule is Cc1oc2ccccc2c1-c1cc(C(C)C)c(-n2c(-c3[c-]ccc4c3oc3ccccc34)nc3ccccc32)c(C(C)C)c1.[2H]C([2H])([2H])c1c[c-]c(-c2ccc(C([2H])([2H])[2H])cn2)cc1.[Ir]. The molecule has 0 bridgehead atoms. The first-order valence-electron chi connectivity index (χ1n) is 22.5. The van der Waals surface area contributed by atoms with E-state index in [1.54, 1.807) is 12.1 Å². The van der Waals surface area contributed by atoms with E-state index in [4.69, 9.17) is 22.0 Å². The largest absolute Gasteiger partial charge is 0.501 e. The van der Waals surface area contributed by atoms with Gasteiger partial charge in [-0.05, 0) is 90.0 Å². The van der Waals surface area contributed by atoms with Crippen LogP contribution in [0.1, 0.15) is 75.8 Å². The fraction of sp³-hybridized carbons (Fsp3) is 0.170. The molecule has 0 unspecified atom stereocenters. The van der Waals surface area contributed by atoms with Crippen LogP contribution >= 0.6 is 0 Å². The minimum atomic E-state index is -2.18. The van der Waals surface area contributed by atoms with Gasteiger partial charge in [-0.1, -0.05) is 106 Å². The molecule has 6 heteroatoms. The first-order chi connectivity index (χ1) is 30.6. The molecule has 0 atom stereocenters. The Labute approximate surface area is 367 Å². The maximum Gasteiger partial charge on any atom is 0.134 e. The van der Waals surface area contributed by atoms with Crippen molar-refractivity contribution in [2.45, 2.75) is 60.2 Å². The van der Waals surface area contributed by atoms with Crippen LogP contribution in [-0.4, -0.2) is 14.5 Å². The summed E-state index contributed by atoms with van der Waals surface area (Å²) < 4.78 is 58.7. The van der Waals surface area contributed by atoms with Crippen LogP contribution in [-0.2, 0) is 20.1 Å². The number of pyridine rings is 1. The Morgan fingerprint density at radius 2 is 1.37 bits per heavy atom. The molecule has 10 aromatic rings. The smallest absolute Gasteiger partial charge is 0.134 e. The molecule has 0 spiro atoms. The zero-order chi connectivity index (χ0) is 45.1. The van der Waals surface area contributed by atoms with Gasteiger partial charge in [0.2, 0.25) is 0 Å². The number of para-hydroxylation sites is 4. The molecule has 5 nitrogen and oxygen atoms in total. The third-order valence-corrected chi connectivity index (χ3v) is 10.7. The molecule has 0 fully saturated rings. The zero-order valence-electron chi connectivity index (χ0n) is 39.3. The Bertz CT molecular complexity index is 3240. The summed E-state index contributed by atoms with van der Waals surface area (Å²) in [5.41, 5.74) is 13.0. The van der Waals surface area contributed by atoms with E-state index >= 15 is 0 Å².